The van der Waals surface area contributed by atoms with E-state index >= 15 is 0 Å². The van der Waals surface area contributed by atoms with Crippen molar-refractivity contribution in [2.24, 2.45) is 0 Å². The topological polar surface area (TPSA) is 13.0 Å². The van der Waals surface area contributed by atoms with Crippen molar-refractivity contribution < 1.29 is 0 Å². The number of likely N-dealkylation sites (N-methyl/N-ethyl adjacent to an activating group) is 4. The SMILES string of the molecule is CN1CCN(C)c2ccc(cc2)N(C)CCN(C)c2ccc1cc2. The first-order valence-electron chi connectivity index (χ1n) is 8.59. The lowest BCUT2D eigenvalue weighted by molar-refractivity contribution is 0.823. The third kappa shape index (κ3) is 3.58. The van der Waals surface area contributed by atoms with Crippen molar-refractivity contribution in [1.82, 2.24) is 0 Å². The molecule has 4 aliphatic heterocycles. The van der Waals surface area contributed by atoms with E-state index < -0.39 is 0 Å². The molecule has 4 aliphatic rings. The second kappa shape index (κ2) is 7.04. The Kier molecular flexibility index (Phi) is 4.84. The van der Waals surface area contributed by atoms with Crippen LogP contribution in [0, 0.1) is 0 Å². The van der Waals surface area contributed by atoms with Crippen molar-refractivity contribution in [2.45, 2.75) is 0 Å². The van der Waals surface area contributed by atoms with Gasteiger partial charge in [0.15, 0.2) is 0 Å². The lowest BCUT2D eigenvalue weighted by atomic mass is 10.2. The fraction of sp³-hybridized carbons (Fsp3) is 0.400. The number of rotatable bonds is 0. The lowest BCUT2D eigenvalue weighted by Crippen LogP contribution is -2.32. The molecule has 6 rings (SSSR count). The molecular formula is C20H28N4. The van der Waals surface area contributed by atoms with Crippen LogP contribution in [-0.4, -0.2) is 54.4 Å². The molecule has 0 unspecified atom stereocenters. The predicted molar refractivity (Wildman–Crippen MR) is 106 cm³/mol. The lowest BCUT2D eigenvalue weighted by Gasteiger charge is -2.28. The van der Waals surface area contributed by atoms with Gasteiger partial charge in [0.1, 0.15) is 0 Å². The molecule has 0 radical (unpaired) electrons. The van der Waals surface area contributed by atoms with E-state index in [0.29, 0.717) is 0 Å². The zero-order chi connectivity index (χ0) is 17.1. The van der Waals surface area contributed by atoms with Crippen LogP contribution in [0.1, 0.15) is 0 Å². The Morgan fingerprint density at radius 3 is 0.750 bits per heavy atom. The molecule has 0 saturated carbocycles. The monoisotopic (exact) mass is 324 g/mol. The summed E-state index contributed by atoms with van der Waals surface area (Å²) in [6.07, 6.45) is 0. The van der Waals surface area contributed by atoms with E-state index in [1.807, 2.05) is 0 Å². The first-order valence-corrected chi connectivity index (χ1v) is 8.59. The fourth-order valence-electron chi connectivity index (χ4n) is 3.04. The Morgan fingerprint density at radius 2 is 0.583 bits per heavy atom. The fourth-order valence-corrected chi connectivity index (χ4v) is 3.04. The Balaban J connectivity index is 1.87. The summed E-state index contributed by atoms with van der Waals surface area (Å²) in [6, 6.07) is 17.7. The first-order chi connectivity index (χ1) is 11.5. The Hall–Kier alpha value is -2.36. The molecule has 0 amide bonds. The smallest absolute Gasteiger partial charge is 0.0365 e. The molecule has 0 saturated heterocycles. The van der Waals surface area contributed by atoms with E-state index in [4.69, 9.17) is 0 Å². The van der Waals surface area contributed by atoms with Crippen molar-refractivity contribution in [2.75, 3.05) is 74.0 Å². The molecular weight excluding hydrogens is 296 g/mol. The number of anilines is 4. The van der Waals surface area contributed by atoms with Crippen molar-refractivity contribution in [3.8, 4) is 0 Å². The van der Waals surface area contributed by atoms with Gasteiger partial charge in [0.2, 0.25) is 0 Å². The van der Waals surface area contributed by atoms with Gasteiger partial charge in [0.25, 0.3) is 0 Å². The maximum atomic E-state index is 2.31. The van der Waals surface area contributed by atoms with E-state index in [9.17, 15) is 0 Å². The van der Waals surface area contributed by atoms with E-state index in [1.165, 1.54) is 22.7 Å². The van der Waals surface area contributed by atoms with Gasteiger partial charge in [-0.25, -0.2) is 0 Å². The quantitative estimate of drug-likeness (QED) is 0.738. The van der Waals surface area contributed by atoms with Gasteiger partial charge in [0.05, 0.1) is 0 Å². The molecule has 0 aliphatic carbocycles. The highest BCUT2D eigenvalue weighted by atomic mass is 15.2. The summed E-state index contributed by atoms with van der Waals surface area (Å²) in [7, 11) is 8.64. The zero-order valence-corrected chi connectivity index (χ0v) is 15.2. The maximum absolute atomic E-state index is 2.31. The van der Waals surface area contributed by atoms with Gasteiger partial charge in [-0.1, -0.05) is 0 Å². The summed E-state index contributed by atoms with van der Waals surface area (Å²) in [6.45, 7) is 3.97. The summed E-state index contributed by atoms with van der Waals surface area (Å²) in [4.78, 5) is 9.26. The Morgan fingerprint density at radius 1 is 0.417 bits per heavy atom. The summed E-state index contributed by atoms with van der Waals surface area (Å²) < 4.78 is 0. The normalized spacial score (nSPS) is 16.2. The second-order valence-electron chi connectivity index (χ2n) is 6.72. The van der Waals surface area contributed by atoms with Crippen molar-refractivity contribution in [3.05, 3.63) is 48.5 Å². The van der Waals surface area contributed by atoms with Gasteiger partial charge in [0, 0.05) is 77.1 Å². The van der Waals surface area contributed by atoms with Crippen LogP contribution in [0.25, 0.3) is 0 Å². The van der Waals surface area contributed by atoms with Gasteiger partial charge < -0.3 is 19.6 Å². The van der Waals surface area contributed by atoms with Gasteiger partial charge in [-0.2, -0.15) is 0 Å². The minimum Gasteiger partial charge on any atom is -0.373 e. The molecule has 24 heavy (non-hydrogen) atoms. The Labute approximate surface area is 145 Å². The number of benzene rings is 2. The highest BCUT2D eigenvalue weighted by Crippen LogP contribution is 2.22. The molecule has 4 heteroatoms. The average molecular weight is 324 g/mol. The number of nitrogens with zero attached hydrogens (tertiary/aromatic N) is 4. The summed E-state index contributed by atoms with van der Waals surface area (Å²) in [5.74, 6) is 0. The molecule has 0 spiro atoms. The van der Waals surface area contributed by atoms with Crippen LogP contribution in [0.2, 0.25) is 0 Å². The molecule has 4 nitrogen and oxygen atoms in total. The maximum Gasteiger partial charge on any atom is 0.0365 e. The largest absolute Gasteiger partial charge is 0.373 e. The van der Waals surface area contributed by atoms with Gasteiger partial charge in [-0.3, -0.25) is 0 Å². The molecule has 0 N–H and O–H groups in total. The molecule has 2 aromatic carbocycles. The van der Waals surface area contributed by atoms with Gasteiger partial charge in [-0.05, 0) is 48.5 Å². The minimum atomic E-state index is 0.993. The highest BCUT2D eigenvalue weighted by molar-refractivity contribution is 5.58. The van der Waals surface area contributed by atoms with E-state index in [0.717, 1.165) is 26.2 Å². The van der Waals surface area contributed by atoms with E-state index in [1.54, 1.807) is 0 Å². The molecule has 0 atom stereocenters. The summed E-state index contributed by atoms with van der Waals surface area (Å²) in [5.41, 5.74) is 5.06. The molecule has 2 aromatic rings. The second-order valence-corrected chi connectivity index (χ2v) is 6.72. The number of hydrogen-bond donors (Lipinski definition) is 0. The average Bonchev–Trinajstić information content (AvgIpc) is 2.63. The molecule has 4 bridgehead atoms. The minimum absolute atomic E-state index is 0.993. The molecule has 4 heterocycles. The predicted octanol–water partition coefficient (Wildman–Crippen LogP) is 3.15. The summed E-state index contributed by atoms with van der Waals surface area (Å²) in [5, 5.41) is 0. The van der Waals surface area contributed by atoms with Crippen molar-refractivity contribution in [1.29, 1.82) is 0 Å². The molecule has 0 fully saturated rings. The van der Waals surface area contributed by atoms with Crippen LogP contribution in [0.15, 0.2) is 48.5 Å². The highest BCUT2D eigenvalue weighted by Gasteiger charge is 2.09. The van der Waals surface area contributed by atoms with Crippen LogP contribution in [0.4, 0.5) is 22.7 Å². The van der Waals surface area contributed by atoms with Crippen LogP contribution in [0.3, 0.4) is 0 Å². The van der Waals surface area contributed by atoms with E-state index in [-0.39, 0.29) is 0 Å². The van der Waals surface area contributed by atoms with Crippen LogP contribution in [0.5, 0.6) is 0 Å². The third-order valence-electron chi connectivity index (χ3n) is 5.00. The van der Waals surface area contributed by atoms with Crippen molar-refractivity contribution >= 4 is 22.7 Å². The van der Waals surface area contributed by atoms with E-state index in [2.05, 4.69) is 96.3 Å². The summed E-state index contributed by atoms with van der Waals surface area (Å²) >= 11 is 0. The zero-order valence-electron chi connectivity index (χ0n) is 15.2. The van der Waals surface area contributed by atoms with Crippen LogP contribution >= 0.6 is 0 Å². The van der Waals surface area contributed by atoms with Crippen LogP contribution < -0.4 is 19.6 Å². The van der Waals surface area contributed by atoms with Gasteiger partial charge in [-0.15, -0.1) is 0 Å². The first kappa shape index (κ1) is 16.5. The Bertz CT molecular complexity index is 533. The third-order valence-corrected chi connectivity index (χ3v) is 5.00. The van der Waals surface area contributed by atoms with Gasteiger partial charge >= 0.3 is 0 Å². The number of hydrogen-bond acceptors (Lipinski definition) is 4. The molecule has 128 valence electrons. The van der Waals surface area contributed by atoms with Crippen molar-refractivity contribution in [3.63, 3.8) is 0 Å². The molecule has 0 aromatic heterocycles. The standard InChI is InChI=1S/C20H28N4/c1-21-13-14-22(2)19-9-11-20(12-10-19)24(4)16-15-23(3)18-7-5-17(21)6-8-18/h5-12H,13-16H2,1-4H3. The van der Waals surface area contributed by atoms with Crippen LogP contribution in [-0.2, 0) is 0 Å².